The fourth-order valence-electron chi connectivity index (χ4n) is 2.19. The average Bonchev–Trinajstić information content (AvgIpc) is 2.79. The van der Waals surface area contributed by atoms with Gasteiger partial charge in [-0.25, -0.2) is 4.39 Å². The van der Waals surface area contributed by atoms with Crippen molar-refractivity contribution in [2.24, 2.45) is 5.41 Å². The number of thiophene rings is 1. The van der Waals surface area contributed by atoms with Crippen LogP contribution in [0.15, 0.2) is 18.2 Å². The summed E-state index contributed by atoms with van der Waals surface area (Å²) in [4.78, 5) is 12.7. The molecule has 1 saturated carbocycles. The summed E-state index contributed by atoms with van der Waals surface area (Å²) in [6, 6.07) is 4.62. The molecule has 2 aromatic rings. The molecule has 1 aliphatic rings. The number of fused-ring (bicyclic) bond motifs is 1. The quantitative estimate of drug-likeness (QED) is 0.886. The van der Waals surface area contributed by atoms with Crippen molar-refractivity contribution in [1.29, 1.82) is 0 Å². The Morgan fingerprint density at radius 1 is 1.53 bits per heavy atom. The lowest BCUT2D eigenvalue weighted by atomic mass is 10.2. The van der Waals surface area contributed by atoms with E-state index in [4.69, 9.17) is 5.73 Å². The van der Waals surface area contributed by atoms with E-state index in [2.05, 4.69) is 19.2 Å². The first-order chi connectivity index (χ1) is 8.88. The molecule has 19 heavy (non-hydrogen) atoms. The molecule has 3 rings (SSSR count). The van der Waals surface area contributed by atoms with Crippen LogP contribution in [-0.4, -0.2) is 11.9 Å². The third-order valence-corrected chi connectivity index (χ3v) is 4.90. The van der Waals surface area contributed by atoms with Gasteiger partial charge in [0, 0.05) is 16.1 Å². The SMILES string of the molecule is CC1(C)CC1NC(=O)c1sc2ccc(F)cc2c1N. The summed E-state index contributed by atoms with van der Waals surface area (Å²) >= 11 is 1.31. The second-order valence-corrected chi connectivity index (χ2v) is 6.76. The second kappa shape index (κ2) is 3.93. The molecule has 1 fully saturated rings. The summed E-state index contributed by atoms with van der Waals surface area (Å²) in [5.74, 6) is -0.498. The van der Waals surface area contributed by atoms with Crippen molar-refractivity contribution in [3.8, 4) is 0 Å². The van der Waals surface area contributed by atoms with E-state index in [1.54, 1.807) is 6.07 Å². The Morgan fingerprint density at radius 3 is 2.84 bits per heavy atom. The highest BCUT2D eigenvalue weighted by atomic mass is 32.1. The van der Waals surface area contributed by atoms with Crippen LogP contribution < -0.4 is 11.1 Å². The summed E-state index contributed by atoms with van der Waals surface area (Å²) in [5, 5.41) is 3.59. The van der Waals surface area contributed by atoms with Gasteiger partial charge in [0.05, 0.1) is 5.69 Å². The first kappa shape index (κ1) is 12.4. The molecule has 1 unspecified atom stereocenters. The van der Waals surface area contributed by atoms with Gasteiger partial charge >= 0.3 is 0 Å². The number of nitrogens with two attached hydrogens (primary N) is 1. The molecule has 1 atom stereocenters. The number of rotatable bonds is 2. The number of carbonyl (C=O) groups excluding carboxylic acids is 1. The molecule has 0 saturated heterocycles. The molecule has 5 heteroatoms. The summed E-state index contributed by atoms with van der Waals surface area (Å²) in [7, 11) is 0. The Hall–Kier alpha value is -1.62. The Labute approximate surface area is 114 Å². The highest BCUT2D eigenvalue weighted by molar-refractivity contribution is 7.21. The van der Waals surface area contributed by atoms with Crippen LogP contribution in [0.1, 0.15) is 29.9 Å². The minimum Gasteiger partial charge on any atom is -0.397 e. The molecule has 1 amide bonds. The highest BCUT2D eigenvalue weighted by Crippen LogP contribution is 2.45. The van der Waals surface area contributed by atoms with Crippen molar-refractivity contribution in [1.82, 2.24) is 5.32 Å². The molecule has 1 aliphatic carbocycles. The Kier molecular flexibility index (Phi) is 2.57. The van der Waals surface area contributed by atoms with Crippen LogP contribution >= 0.6 is 11.3 Å². The number of nitrogens with one attached hydrogen (secondary N) is 1. The van der Waals surface area contributed by atoms with Crippen LogP contribution in [0, 0.1) is 11.2 Å². The van der Waals surface area contributed by atoms with Crippen LogP contribution in [0.2, 0.25) is 0 Å². The molecule has 0 aliphatic heterocycles. The normalized spacial score (nSPS) is 20.5. The molecule has 1 aromatic heterocycles. The fourth-order valence-corrected chi connectivity index (χ4v) is 3.20. The van der Waals surface area contributed by atoms with Gasteiger partial charge in [0.25, 0.3) is 5.91 Å². The number of amides is 1. The number of nitrogen functional groups attached to an aromatic ring is 1. The van der Waals surface area contributed by atoms with Gasteiger partial charge in [-0.1, -0.05) is 13.8 Å². The van der Waals surface area contributed by atoms with Gasteiger partial charge in [-0.15, -0.1) is 11.3 Å². The van der Waals surface area contributed by atoms with Crippen LogP contribution in [0.4, 0.5) is 10.1 Å². The average molecular weight is 278 g/mol. The molecule has 0 spiro atoms. The maximum absolute atomic E-state index is 13.2. The predicted octanol–water partition coefficient (Wildman–Crippen LogP) is 3.15. The van der Waals surface area contributed by atoms with Gasteiger partial charge < -0.3 is 11.1 Å². The Morgan fingerprint density at radius 2 is 2.21 bits per heavy atom. The number of hydrogen-bond acceptors (Lipinski definition) is 3. The lowest BCUT2D eigenvalue weighted by Crippen LogP contribution is -2.28. The zero-order chi connectivity index (χ0) is 13.8. The van der Waals surface area contributed by atoms with Crippen molar-refractivity contribution in [3.63, 3.8) is 0 Å². The van der Waals surface area contributed by atoms with Crippen LogP contribution in [-0.2, 0) is 0 Å². The van der Waals surface area contributed by atoms with E-state index in [1.807, 2.05) is 0 Å². The maximum Gasteiger partial charge on any atom is 0.263 e. The zero-order valence-electron chi connectivity index (χ0n) is 10.8. The molecule has 1 aromatic carbocycles. The molecule has 0 bridgehead atoms. The standard InChI is InChI=1S/C14H15FN2OS/c1-14(2)6-10(14)17-13(18)12-11(16)8-5-7(15)3-4-9(8)19-12/h3-5,10H,6,16H2,1-2H3,(H,17,18). The highest BCUT2D eigenvalue weighted by Gasteiger charge is 2.46. The van der Waals surface area contributed by atoms with E-state index in [0.29, 0.717) is 16.0 Å². The smallest absolute Gasteiger partial charge is 0.263 e. The van der Waals surface area contributed by atoms with E-state index in [9.17, 15) is 9.18 Å². The second-order valence-electron chi connectivity index (χ2n) is 5.70. The molecular formula is C14H15FN2OS. The van der Waals surface area contributed by atoms with Crippen molar-refractivity contribution in [3.05, 3.63) is 28.9 Å². The van der Waals surface area contributed by atoms with Crippen LogP contribution in [0.25, 0.3) is 10.1 Å². The third kappa shape index (κ3) is 2.08. The summed E-state index contributed by atoms with van der Waals surface area (Å²) in [5.41, 5.74) is 6.50. The minimum absolute atomic E-state index is 0.158. The number of hydrogen-bond donors (Lipinski definition) is 2. The van der Waals surface area contributed by atoms with Gasteiger partial charge in [-0.3, -0.25) is 4.79 Å². The van der Waals surface area contributed by atoms with Gasteiger partial charge in [0.1, 0.15) is 10.7 Å². The first-order valence-electron chi connectivity index (χ1n) is 6.17. The van der Waals surface area contributed by atoms with Crippen molar-refractivity contribution in [2.45, 2.75) is 26.3 Å². The van der Waals surface area contributed by atoms with E-state index in [1.165, 1.54) is 23.5 Å². The lowest BCUT2D eigenvalue weighted by molar-refractivity contribution is 0.0951. The third-order valence-electron chi connectivity index (χ3n) is 3.71. The number of carbonyl (C=O) groups is 1. The Balaban J connectivity index is 1.92. The summed E-state index contributed by atoms with van der Waals surface area (Å²) in [6.07, 6.45) is 0.984. The van der Waals surface area contributed by atoms with E-state index >= 15 is 0 Å². The molecule has 3 nitrogen and oxygen atoms in total. The maximum atomic E-state index is 13.2. The van der Waals surface area contributed by atoms with Crippen molar-refractivity contribution >= 4 is 33.0 Å². The van der Waals surface area contributed by atoms with Crippen molar-refractivity contribution in [2.75, 3.05) is 5.73 Å². The largest absolute Gasteiger partial charge is 0.397 e. The number of benzene rings is 1. The summed E-state index contributed by atoms with van der Waals surface area (Å²) in [6.45, 7) is 4.23. The Bertz CT molecular complexity index is 677. The van der Waals surface area contributed by atoms with Gasteiger partial charge in [0.15, 0.2) is 0 Å². The van der Waals surface area contributed by atoms with E-state index in [0.717, 1.165) is 11.1 Å². The van der Waals surface area contributed by atoms with E-state index in [-0.39, 0.29) is 23.2 Å². The van der Waals surface area contributed by atoms with Gasteiger partial charge in [-0.05, 0) is 30.0 Å². The fraction of sp³-hybridized carbons (Fsp3) is 0.357. The number of anilines is 1. The predicted molar refractivity (Wildman–Crippen MR) is 75.8 cm³/mol. The van der Waals surface area contributed by atoms with Crippen LogP contribution in [0.5, 0.6) is 0 Å². The minimum atomic E-state index is -0.340. The molecule has 100 valence electrons. The first-order valence-corrected chi connectivity index (χ1v) is 6.98. The van der Waals surface area contributed by atoms with Gasteiger partial charge in [-0.2, -0.15) is 0 Å². The van der Waals surface area contributed by atoms with Crippen molar-refractivity contribution < 1.29 is 9.18 Å². The topological polar surface area (TPSA) is 55.1 Å². The zero-order valence-corrected chi connectivity index (χ0v) is 11.6. The monoisotopic (exact) mass is 278 g/mol. The molecule has 1 heterocycles. The van der Waals surface area contributed by atoms with E-state index < -0.39 is 0 Å². The molecule has 3 N–H and O–H groups in total. The molecular weight excluding hydrogens is 263 g/mol. The molecule has 0 radical (unpaired) electrons. The van der Waals surface area contributed by atoms with Gasteiger partial charge in [0.2, 0.25) is 0 Å². The number of halogens is 1. The summed E-state index contributed by atoms with van der Waals surface area (Å²) < 4.78 is 14.0. The van der Waals surface area contributed by atoms with Crippen LogP contribution in [0.3, 0.4) is 0 Å². The lowest BCUT2D eigenvalue weighted by Gasteiger charge is -2.05.